The highest BCUT2D eigenvalue weighted by molar-refractivity contribution is 5.96. The van der Waals surface area contributed by atoms with E-state index in [9.17, 15) is 4.79 Å². The number of likely N-dealkylation sites (tertiary alicyclic amines) is 1. The zero-order valence-electron chi connectivity index (χ0n) is 13.7. The van der Waals surface area contributed by atoms with Crippen molar-refractivity contribution in [2.45, 2.75) is 38.6 Å². The maximum Gasteiger partial charge on any atom is 0.289 e. The monoisotopic (exact) mass is 312 g/mol. The molecule has 0 spiro atoms. The first-order chi connectivity index (χ1) is 11.2. The van der Waals surface area contributed by atoms with Gasteiger partial charge < -0.3 is 14.6 Å². The second kappa shape index (κ2) is 6.00. The van der Waals surface area contributed by atoms with Crippen molar-refractivity contribution in [3.05, 3.63) is 35.6 Å². The number of nitrogens with one attached hydrogen (secondary N) is 1. The van der Waals surface area contributed by atoms with Crippen molar-refractivity contribution in [2.75, 3.05) is 19.6 Å². The zero-order chi connectivity index (χ0) is 15.8. The van der Waals surface area contributed by atoms with Gasteiger partial charge in [-0.25, -0.2) is 0 Å². The van der Waals surface area contributed by atoms with Gasteiger partial charge in [0.2, 0.25) is 0 Å². The Labute approximate surface area is 136 Å². The van der Waals surface area contributed by atoms with Crippen molar-refractivity contribution in [1.82, 2.24) is 10.2 Å². The van der Waals surface area contributed by atoms with E-state index in [1.165, 1.54) is 18.4 Å². The molecule has 1 unspecified atom stereocenters. The van der Waals surface area contributed by atoms with Gasteiger partial charge in [0.25, 0.3) is 5.91 Å². The van der Waals surface area contributed by atoms with E-state index < -0.39 is 0 Å². The fraction of sp³-hybridized carbons (Fsp3) is 0.526. The molecule has 1 aromatic carbocycles. The van der Waals surface area contributed by atoms with E-state index in [0.29, 0.717) is 11.8 Å². The molecule has 4 heteroatoms. The average molecular weight is 312 g/mol. The van der Waals surface area contributed by atoms with E-state index in [-0.39, 0.29) is 5.91 Å². The van der Waals surface area contributed by atoms with Crippen LogP contribution in [0.15, 0.2) is 28.7 Å². The molecule has 0 radical (unpaired) electrons. The van der Waals surface area contributed by atoms with Crippen molar-refractivity contribution < 1.29 is 9.21 Å². The number of fused-ring (bicyclic) bond motifs is 1. The minimum absolute atomic E-state index is 0.0386. The molecule has 1 aromatic heterocycles. The van der Waals surface area contributed by atoms with Gasteiger partial charge >= 0.3 is 0 Å². The van der Waals surface area contributed by atoms with Gasteiger partial charge in [0.05, 0.1) is 0 Å². The van der Waals surface area contributed by atoms with E-state index in [0.717, 1.165) is 49.4 Å². The van der Waals surface area contributed by atoms with Gasteiger partial charge in [0.15, 0.2) is 5.76 Å². The van der Waals surface area contributed by atoms with Crippen LogP contribution in [-0.4, -0.2) is 36.5 Å². The molecule has 2 aliphatic rings. The van der Waals surface area contributed by atoms with Crippen LogP contribution in [0, 0.1) is 12.8 Å². The van der Waals surface area contributed by atoms with E-state index >= 15 is 0 Å². The Morgan fingerprint density at radius 3 is 2.78 bits per heavy atom. The summed E-state index contributed by atoms with van der Waals surface area (Å²) in [6.07, 6.45) is 4.79. The molecule has 122 valence electrons. The molecule has 4 rings (SSSR count). The van der Waals surface area contributed by atoms with Gasteiger partial charge in [0, 0.05) is 24.5 Å². The lowest BCUT2D eigenvalue weighted by molar-refractivity contribution is 0.0645. The lowest BCUT2D eigenvalue weighted by Crippen LogP contribution is -2.43. The first-order valence-corrected chi connectivity index (χ1v) is 8.73. The molecule has 2 aromatic rings. The summed E-state index contributed by atoms with van der Waals surface area (Å²) in [6.45, 7) is 4.90. The number of piperidine rings is 1. The van der Waals surface area contributed by atoms with Gasteiger partial charge in [-0.3, -0.25) is 4.79 Å². The third-order valence-electron chi connectivity index (χ3n) is 5.38. The lowest BCUT2D eigenvalue weighted by atomic mass is 9.88. The summed E-state index contributed by atoms with van der Waals surface area (Å²) in [5, 5.41) is 4.62. The molecule has 2 aliphatic heterocycles. The van der Waals surface area contributed by atoms with Crippen LogP contribution in [0.5, 0.6) is 0 Å². The van der Waals surface area contributed by atoms with Gasteiger partial charge in [-0.05, 0) is 63.3 Å². The number of carbonyl (C=O) groups excluding carboxylic acids is 1. The third kappa shape index (κ3) is 2.88. The van der Waals surface area contributed by atoms with Crippen LogP contribution in [0.1, 0.15) is 41.8 Å². The third-order valence-corrected chi connectivity index (χ3v) is 5.38. The topological polar surface area (TPSA) is 45.5 Å². The fourth-order valence-electron chi connectivity index (χ4n) is 4.04. The highest BCUT2D eigenvalue weighted by atomic mass is 16.3. The summed E-state index contributed by atoms with van der Waals surface area (Å²) >= 11 is 0. The summed E-state index contributed by atoms with van der Waals surface area (Å²) in [5.74, 6) is 1.24. The molecule has 1 atom stereocenters. The largest absolute Gasteiger partial charge is 0.451 e. The summed E-state index contributed by atoms with van der Waals surface area (Å²) < 4.78 is 5.76. The molecular weight excluding hydrogens is 288 g/mol. The fourth-order valence-corrected chi connectivity index (χ4v) is 4.04. The standard InChI is InChI=1S/C19H24N2O2/c1-13-4-5-17-15(11-13)12-18(23-17)19(22)21-9-6-14(7-10-21)16-3-2-8-20-16/h4-5,11-12,14,16,20H,2-3,6-10H2,1H3. The number of hydrogen-bond acceptors (Lipinski definition) is 3. The molecule has 2 fully saturated rings. The zero-order valence-corrected chi connectivity index (χ0v) is 13.7. The molecule has 1 N–H and O–H groups in total. The summed E-state index contributed by atoms with van der Waals surface area (Å²) in [6, 6.07) is 8.57. The van der Waals surface area contributed by atoms with E-state index in [1.54, 1.807) is 0 Å². The van der Waals surface area contributed by atoms with Crippen LogP contribution in [0.3, 0.4) is 0 Å². The van der Waals surface area contributed by atoms with Crippen molar-refractivity contribution in [2.24, 2.45) is 5.92 Å². The van der Waals surface area contributed by atoms with Gasteiger partial charge in [-0.1, -0.05) is 11.6 Å². The molecule has 0 aliphatic carbocycles. The first kappa shape index (κ1) is 14.8. The highest BCUT2D eigenvalue weighted by Crippen LogP contribution is 2.27. The Hall–Kier alpha value is -1.81. The number of carbonyl (C=O) groups is 1. The number of aryl methyl sites for hydroxylation is 1. The molecule has 2 saturated heterocycles. The van der Waals surface area contributed by atoms with Crippen LogP contribution in [0.25, 0.3) is 11.0 Å². The van der Waals surface area contributed by atoms with Crippen molar-refractivity contribution in [1.29, 1.82) is 0 Å². The van der Waals surface area contributed by atoms with Crippen LogP contribution < -0.4 is 5.32 Å². The highest BCUT2D eigenvalue weighted by Gasteiger charge is 2.31. The quantitative estimate of drug-likeness (QED) is 0.925. The molecule has 23 heavy (non-hydrogen) atoms. The number of benzene rings is 1. The number of hydrogen-bond donors (Lipinski definition) is 1. The number of furan rings is 1. The van der Waals surface area contributed by atoms with Crippen LogP contribution in [-0.2, 0) is 0 Å². The second-order valence-corrected chi connectivity index (χ2v) is 6.98. The second-order valence-electron chi connectivity index (χ2n) is 6.98. The number of nitrogens with zero attached hydrogens (tertiary/aromatic N) is 1. The molecule has 0 bridgehead atoms. The van der Waals surface area contributed by atoms with Crippen molar-refractivity contribution in [3.63, 3.8) is 0 Å². The average Bonchev–Trinajstić information content (AvgIpc) is 3.23. The van der Waals surface area contributed by atoms with E-state index in [1.807, 2.05) is 23.1 Å². The Kier molecular flexibility index (Phi) is 3.85. The SMILES string of the molecule is Cc1ccc2oc(C(=O)N3CCC(C4CCCN4)CC3)cc2c1. The predicted molar refractivity (Wildman–Crippen MR) is 90.6 cm³/mol. The Morgan fingerprint density at radius 2 is 2.04 bits per heavy atom. The molecule has 1 amide bonds. The van der Waals surface area contributed by atoms with Gasteiger partial charge in [0.1, 0.15) is 5.58 Å². The maximum absolute atomic E-state index is 12.7. The van der Waals surface area contributed by atoms with Crippen LogP contribution >= 0.6 is 0 Å². The first-order valence-electron chi connectivity index (χ1n) is 8.73. The minimum Gasteiger partial charge on any atom is -0.451 e. The number of rotatable bonds is 2. The summed E-state index contributed by atoms with van der Waals surface area (Å²) in [7, 11) is 0. The Bertz CT molecular complexity index is 707. The minimum atomic E-state index is 0.0386. The van der Waals surface area contributed by atoms with Crippen LogP contribution in [0.2, 0.25) is 0 Å². The van der Waals surface area contributed by atoms with Crippen molar-refractivity contribution in [3.8, 4) is 0 Å². The Morgan fingerprint density at radius 1 is 1.22 bits per heavy atom. The summed E-state index contributed by atoms with van der Waals surface area (Å²) in [4.78, 5) is 14.7. The maximum atomic E-state index is 12.7. The lowest BCUT2D eigenvalue weighted by Gasteiger charge is -2.34. The molecular formula is C19H24N2O2. The smallest absolute Gasteiger partial charge is 0.289 e. The van der Waals surface area contributed by atoms with E-state index in [2.05, 4.69) is 18.3 Å². The summed E-state index contributed by atoms with van der Waals surface area (Å²) in [5.41, 5.74) is 1.98. The Balaban J connectivity index is 1.44. The molecule has 3 heterocycles. The molecule has 0 saturated carbocycles. The van der Waals surface area contributed by atoms with Crippen LogP contribution in [0.4, 0.5) is 0 Å². The van der Waals surface area contributed by atoms with Crippen molar-refractivity contribution >= 4 is 16.9 Å². The van der Waals surface area contributed by atoms with E-state index in [4.69, 9.17) is 4.42 Å². The number of amides is 1. The predicted octanol–water partition coefficient (Wildman–Crippen LogP) is 3.35. The van der Waals surface area contributed by atoms with Gasteiger partial charge in [-0.2, -0.15) is 0 Å². The molecule has 4 nitrogen and oxygen atoms in total. The van der Waals surface area contributed by atoms with Gasteiger partial charge in [-0.15, -0.1) is 0 Å². The normalized spacial score (nSPS) is 22.8.